The molecule has 0 spiro atoms. The molecule has 22 heavy (non-hydrogen) atoms. The first kappa shape index (κ1) is 15.6. The van der Waals surface area contributed by atoms with Crippen LogP contribution >= 0.6 is 27.7 Å². The van der Waals surface area contributed by atoms with Crippen LogP contribution in [0.25, 0.3) is 5.70 Å². The monoisotopic (exact) mass is 396 g/mol. The summed E-state index contributed by atoms with van der Waals surface area (Å²) in [5, 5.41) is 0. The summed E-state index contributed by atoms with van der Waals surface area (Å²) in [6, 6.07) is 14.4. The fraction of sp³-hybridized carbons (Fsp3) is 0.0667. The van der Waals surface area contributed by atoms with Crippen LogP contribution in [-0.2, 0) is 10.0 Å². The van der Waals surface area contributed by atoms with Crippen molar-refractivity contribution in [3.8, 4) is 0 Å². The van der Waals surface area contributed by atoms with Gasteiger partial charge in [0.1, 0.15) is 0 Å². The number of thioether (sulfide) groups is 1. The number of hydrogen-bond donors (Lipinski definition) is 2. The summed E-state index contributed by atoms with van der Waals surface area (Å²) in [7, 11) is -3.61. The first-order valence-corrected chi connectivity index (χ1v) is 9.78. The molecule has 7 heteroatoms. The highest BCUT2D eigenvalue weighted by atomic mass is 79.9. The van der Waals surface area contributed by atoms with Crippen LogP contribution in [0, 0.1) is 0 Å². The Kier molecular flexibility index (Phi) is 4.58. The van der Waals surface area contributed by atoms with Crippen LogP contribution in [0.4, 0.5) is 0 Å². The number of rotatable bonds is 4. The maximum absolute atomic E-state index is 12.3. The van der Waals surface area contributed by atoms with Gasteiger partial charge in [-0.15, -0.1) is 16.6 Å². The number of hydrazine groups is 1. The molecule has 0 atom stereocenters. The van der Waals surface area contributed by atoms with E-state index in [1.807, 2.05) is 30.3 Å². The molecular weight excluding hydrogens is 384 g/mol. The molecule has 2 aromatic rings. The second-order valence-corrected chi connectivity index (χ2v) is 8.27. The van der Waals surface area contributed by atoms with E-state index in [9.17, 15) is 8.42 Å². The van der Waals surface area contributed by atoms with E-state index in [1.54, 1.807) is 36.0 Å². The summed E-state index contributed by atoms with van der Waals surface area (Å²) in [5.41, 5.74) is 4.60. The summed E-state index contributed by atoms with van der Waals surface area (Å²) >= 11 is 5.01. The van der Waals surface area contributed by atoms with Crippen LogP contribution in [0.5, 0.6) is 0 Å². The number of nitrogens with one attached hydrogen (secondary N) is 2. The van der Waals surface area contributed by atoms with Gasteiger partial charge >= 0.3 is 0 Å². The zero-order valence-electron chi connectivity index (χ0n) is 11.4. The van der Waals surface area contributed by atoms with Crippen molar-refractivity contribution < 1.29 is 8.42 Å². The third-order valence-corrected chi connectivity index (χ3v) is 5.94. The lowest BCUT2D eigenvalue weighted by atomic mass is 10.1. The predicted molar refractivity (Wildman–Crippen MR) is 92.7 cm³/mol. The smallest absolute Gasteiger partial charge is 0.257 e. The zero-order valence-corrected chi connectivity index (χ0v) is 14.6. The molecule has 0 aromatic heterocycles. The highest BCUT2D eigenvalue weighted by molar-refractivity contribution is 9.10. The van der Waals surface area contributed by atoms with Crippen LogP contribution in [0.15, 0.2) is 68.9 Å². The Balaban J connectivity index is 1.78. The van der Waals surface area contributed by atoms with Crippen molar-refractivity contribution in [2.75, 3.05) is 5.75 Å². The number of sulfonamides is 1. The third kappa shape index (κ3) is 3.38. The summed E-state index contributed by atoms with van der Waals surface area (Å²) in [5.74, 6) is 0.805. The summed E-state index contributed by atoms with van der Waals surface area (Å²) in [4.78, 5) is 3.78. The lowest BCUT2D eigenvalue weighted by Gasteiger charge is -2.19. The molecular formula is C15H13BrN2O2S2. The molecule has 0 unspecified atom stereocenters. The van der Waals surface area contributed by atoms with Gasteiger partial charge in [0.2, 0.25) is 0 Å². The van der Waals surface area contributed by atoms with E-state index in [2.05, 4.69) is 26.2 Å². The number of benzene rings is 2. The molecule has 2 N–H and O–H groups in total. The van der Waals surface area contributed by atoms with Gasteiger partial charge in [-0.3, -0.25) is 0 Å². The highest BCUT2D eigenvalue weighted by Crippen LogP contribution is 2.31. The van der Waals surface area contributed by atoms with Crippen molar-refractivity contribution in [3.63, 3.8) is 0 Å². The second-order valence-electron chi connectivity index (χ2n) is 4.61. The Hall–Kier alpha value is -1.28. The fourth-order valence-corrected chi connectivity index (χ4v) is 4.11. The van der Waals surface area contributed by atoms with Gasteiger partial charge in [0.25, 0.3) is 10.0 Å². The molecule has 1 aliphatic heterocycles. The lowest BCUT2D eigenvalue weighted by molar-refractivity contribution is 0.576. The Morgan fingerprint density at radius 1 is 1.05 bits per heavy atom. The average Bonchev–Trinajstić information content (AvgIpc) is 2.53. The third-order valence-electron chi connectivity index (χ3n) is 3.15. The van der Waals surface area contributed by atoms with Crippen LogP contribution in [-0.4, -0.2) is 14.2 Å². The highest BCUT2D eigenvalue weighted by Gasteiger charge is 2.17. The van der Waals surface area contributed by atoms with Crippen molar-refractivity contribution in [2.24, 2.45) is 0 Å². The fourth-order valence-electron chi connectivity index (χ4n) is 2.05. The summed E-state index contributed by atoms with van der Waals surface area (Å²) < 4.78 is 25.4. The molecule has 0 aliphatic carbocycles. The van der Waals surface area contributed by atoms with Gasteiger partial charge in [-0.1, -0.05) is 34.1 Å². The van der Waals surface area contributed by atoms with Gasteiger partial charge in [0.05, 0.1) is 10.6 Å². The van der Waals surface area contributed by atoms with Crippen molar-refractivity contribution in [1.82, 2.24) is 10.3 Å². The minimum absolute atomic E-state index is 0.210. The standard InChI is InChI=1S/C15H13BrN2O2S2/c16-11-5-7-12(8-6-11)22(19,20)18-17-14-9-10-21-15-4-2-1-3-13(14)15/h1-9,17-18H,10H2. The molecule has 1 aliphatic rings. The largest absolute Gasteiger partial charge is 0.308 e. The van der Waals surface area contributed by atoms with E-state index in [-0.39, 0.29) is 4.90 Å². The summed E-state index contributed by atoms with van der Waals surface area (Å²) in [6.45, 7) is 0. The van der Waals surface area contributed by atoms with Crippen molar-refractivity contribution in [2.45, 2.75) is 9.79 Å². The molecule has 114 valence electrons. The van der Waals surface area contributed by atoms with E-state index in [4.69, 9.17) is 0 Å². The van der Waals surface area contributed by atoms with Gasteiger partial charge in [-0.2, -0.15) is 0 Å². The Morgan fingerprint density at radius 2 is 1.77 bits per heavy atom. The molecule has 0 saturated heterocycles. The van der Waals surface area contributed by atoms with E-state index in [0.717, 1.165) is 26.4 Å². The lowest BCUT2D eigenvalue weighted by Crippen LogP contribution is -2.36. The first-order chi connectivity index (χ1) is 10.6. The predicted octanol–water partition coefficient (Wildman–Crippen LogP) is 3.38. The van der Waals surface area contributed by atoms with Crippen molar-refractivity contribution in [3.05, 3.63) is 64.6 Å². The van der Waals surface area contributed by atoms with Gasteiger partial charge < -0.3 is 5.43 Å². The molecule has 0 amide bonds. The van der Waals surface area contributed by atoms with E-state index < -0.39 is 10.0 Å². The molecule has 0 saturated carbocycles. The Labute approximate surface area is 142 Å². The first-order valence-electron chi connectivity index (χ1n) is 6.52. The van der Waals surface area contributed by atoms with Gasteiger partial charge in [-0.25, -0.2) is 8.42 Å². The topological polar surface area (TPSA) is 58.2 Å². The molecule has 4 nitrogen and oxygen atoms in total. The van der Waals surface area contributed by atoms with Crippen LogP contribution < -0.4 is 10.3 Å². The molecule has 0 bridgehead atoms. The van der Waals surface area contributed by atoms with Crippen LogP contribution in [0.1, 0.15) is 5.56 Å². The van der Waals surface area contributed by atoms with E-state index >= 15 is 0 Å². The normalized spacial score (nSPS) is 14.1. The Morgan fingerprint density at radius 3 is 2.55 bits per heavy atom. The zero-order chi connectivity index (χ0) is 15.6. The van der Waals surface area contributed by atoms with Crippen molar-refractivity contribution in [1.29, 1.82) is 0 Å². The minimum atomic E-state index is -3.61. The average molecular weight is 397 g/mol. The number of fused-ring (bicyclic) bond motifs is 1. The van der Waals surface area contributed by atoms with Crippen LogP contribution in [0.3, 0.4) is 0 Å². The maximum atomic E-state index is 12.3. The molecule has 1 heterocycles. The summed E-state index contributed by atoms with van der Waals surface area (Å²) in [6.07, 6.45) is 1.97. The minimum Gasteiger partial charge on any atom is -0.308 e. The number of hydrogen-bond acceptors (Lipinski definition) is 4. The van der Waals surface area contributed by atoms with Crippen LogP contribution in [0.2, 0.25) is 0 Å². The molecule has 2 aromatic carbocycles. The maximum Gasteiger partial charge on any atom is 0.257 e. The quantitative estimate of drug-likeness (QED) is 0.777. The van der Waals surface area contributed by atoms with Gasteiger partial charge in [0, 0.05) is 20.7 Å². The van der Waals surface area contributed by atoms with E-state index in [1.165, 1.54) is 0 Å². The van der Waals surface area contributed by atoms with Crippen molar-refractivity contribution >= 4 is 43.4 Å². The van der Waals surface area contributed by atoms with E-state index in [0.29, 0.717) is 0 Å². The molecule has 3 rings (SSSR count). The van der Waals surface area contributed by atoms with Gasteiger partial charge in [-0.05, 0) is 36.4 Å². The molecule has 0 fully saturated rings. The molecule has 0 radical (unpaired) electrons. The number of halogens is 1. The Bertz CT molecular complexity index is 818. The van der Waals surface area contributed by atoms with Gasteiger partial charge in [0.15, 0.2) is 0 Å². The second kappa shape index (κ2) is 6.45. The SMILES string of the molecule is O=S(=O)(NNC1=CCSc2ccccc21)c1ccc(Br)cc1.